The normalized spacial score (nSPS) is 19.9. The first-order valence-electron chi connectivity index (χ1n) is 6.19. The van der Waals surface area contributed by atoms with Crippen molar-refractivity contribution in [3.63, 3.8) is 0 Å². The summed E-state index contributed by atoms with van der Waals surface area (Å²) in [4.78, 5) is 17.7. The Morgan fingerprint density at radius 2 is 2.32 bits per heavy atom. The highest BCUT2D eigenvalue weighted by Gasteiger charge is 2.35. The molecule has 1 saturated heterocycles. The van der Waals surface area contributed by atoms with Crippen molar-refractivity contribution in [2.45, 2.75) is 18.6 Å². The minimum Gasteiger partial charge on any atom is -0.340 e. The summed E-state index contributed by atoms with van der Waals surface area (Å²) in [5.41, 5.74) is 0.351. The molecule has 1 aliphatic heterocycles. The molecule has 1 aromatic heterocycles. The van der Waals surface area contributed by atoms with Gasteiger partial charge < -0.3 is 9.47 Å². The topological polar surface area (TPSA) is 84.3 Å². The molecule has 7 nitrogen and oxygen atoms in total. The molecule has 2 rings (SSSR count). The van der Waals surface area contributed by atoms with E-state index < -0.39 is 15.3 Å². The zero-order chi connectivity index (χ0) is 14.0. The molecular weight excluding hydrogens is 268 g/mol. The molecule has 1 amide bonds. The highest BCUT2D eigenvalue weighted by molar-refractivity contribution is 7.90. The third kappa shape index (κ3) is 2.95. The molecule has 0 bridgehead atoms. The Morgan fingerprint density at radius 3 is 2.89 bits per heavy atom. The van der Waals surface area contributed by atoms with Crippen LogP contribution in [0.4, 0.5) is 0 Å². The minimum atomic E-state index is -3.32. The van der Waals surface area contributed by atoms with Crippen LogP contribution in [0.1, 0.15) is 23.8 Å². The van der Waals surface area contributed by atoms with Crippen LogP contribution < -0.4 is 4.72 Å². The van der Waals surface area contributed by atoms with Crippen molar-refractivity contribution in [3.05, 3.63) is 18.2 Å². The first-order valence-corrected chi connectivity index (χ1v) is 7.74. The summed E-state index contributed by atoms with van der Waals surface area (Å²) in [6.07, 6.45) is 3.65. The molecule has 0 aliphatic carbocycles. The lowest BCUT2D eigenvalue weighted by molar-refractivity contribution is 0.0788. The molecule has 8 heteroatoms. The molecule has 0 aromatic carbocycles. The summed E-state index contributed by atoms with van der Waals surface area (Å²) < 4.78 is 27.9. The molecule has 1 atom stereocenters. The molecular formula is C11H18N4O3S. The van der Waals surface area contributed by atoms with Crippen molar-refractivity contribution in [1.29, 1.82) is 0 Å². The van der Waals surface area contributed by atoms with Gasteiger partial charge in [0, 0.05) is 32.9 Å². The maximum absolute atomic E-state index is 12.1. The number of nitrogens with zero attached hydrogens (tertiary/aromatic N) is 3. The number of imidazole rings is 1. The molecule has 1 fully saturated rings. The summed E-state index contributed by atoms with van der Waals surface area (Å²) in [6.45, 7) is 2.78. The van der Waals surface area contributed by atoms with Crippen molar-refractivity contribution in [3.8, 4) is 0 Å². The second-order valence-electron chi connectivity index (χ2n) is 4.63. The van der Waals surface area contributed by atoms with Gasteiger partial charge in [-0.15, -0.1) is 0 Å². The van der Waals surface area contributed by atoms with Gasteiger partial charge in [-0.05, 0) is 6.42 Å². The molecule has 0 spiro atoms. The number of carbonyl (C=O) groups is 1. The zero-order valence-corrected chi connectivity index (χ0v) is 11.9. The van der Waals surface area contributed by atoms with Crippen LogP contribution in [0.5, 0.6) is 0 Å². The van der Waals surface area contributed by atoms with E-state index in [1.165, 1.54) is 0 Å². The average molecular weight is 286 g/mol. The summed E-state index contributed by atoms with van der Waals surface area (Å²) in [7, 11) is -1.54. The van der Waals surface area contributed by atoms with Crippen LogP contribution in [0, 0.1) is 0 Å². The molecule has 0 saturated carbocycles. The van der Waals surface area contributed by atoms with E-state index in [0.717, 1.165) is 0 Å². The Bertz CT molecular complexity index is 566. The first kappa shape index (κ1) is 14.0. The number of hydrogen-bond donors (Lipinski definition) is 1. The summed E-state index contributed by atoms with van der Waals surface area (Å²) in [5, 5.41) is -0.528. The lowest BCUT2D eigenvalue weighted by Gasteiger charge is -2.15. The SMILES string of the molecule is CCNS(=O)(=O)C1CCN(C(=O)c2cn(C)cn2)C1. The molecule has 1 aliphatic rings. The van der Waals surface area contributed by atoms with Gasteiger partial charge in [0.25, 0.3) is 5.91 Å². The highest BCUT2D eigenvalue weighted by Crippen LogP contribution is 2.18. The zero-order valence-electron chi connectivity index (χ0n) is 11.0. The van der Waals surface area contributed by atoms with Crippen LogP contribution in [0.2, 0.25) is 0 Å². The second kappa shape index (κ2) is 5.30. The lowest BCUT2D eigenvalue weighted by atomic mass is 10.4. The van der Waals surface area contributed by atoms with E-state index in [1.807, 2.05) is 0 Å². The number of likely N-dealkylation sites (tertiary alicyclic amines) is 1. The van der Waals surface area contributed by atoms with Crippen LogP contribution in [-0.2, 0) is 17.1 Å². The van der Waals surface area contributed by atoms with Crippen molar-refractivity contribution in [2.24, 2.45) is 7.05 Å². The van der Waals surface area contributed by atoms with E-state index in [-0.39, 0.29) is 12.5 Å². The summed E-state index contributed by atoms with van der Waals surface area (Å²) in [5.74, 6) is -0.213. The number of aryl methyl sites for hydroxylation is 1. The average Bonchev–Trinajstić information content (AvgIpc) is 2.96. The summed E-state index contributed by atoms with van der Waals surface area (Å²) in [6, 6.07) is 0. The Morgan fingerprint density at radius 1 is 1.58 bits per heavy atom. The molecule has 2 heterocycles. The van der Waals surface area contributed by atoms with E-state index in [0.29, 0.717) is 25.2 Å². The number of aromatic nitrogens is 2. The van der Waals surface area contributed by atoms with Crippen molar-refractivity contribution in [2.75, 3.05) is 19.6 Å². The van der Waals surface area contributed by atoms with Crippen LogP contribution in [0.15, 0.2) is 12.5 Å². The van der Waals surface area contributed by atoms with E-state index in [9.17, 15) is 13.2 Å². The monoisotopic (exact) mass is 286 g/mol. The molecule has 106 valence electrons. The maximum Gasteiger partial charge on any atom is 0.274 e. The van der Waals surface area contributed by atoms with E-state index in [1.54, 1.807) is 36.0 Å². The van der Waals surface area contributed by atoms with Gasteiger partial charge in [-0.2, -0.15) is 0 Å². The number of sulfonamides is 1. The van der Waals surface area contributed by atoms with Crippen molar-refractivity contribution < 1.29 is 13.2 Å². The fourth-order valence-corrected chi connectivity index (χ4v) is 3.60. The quantitative estimate of drug-likeness (QED) is 0.814. The van der Waals surface area contributed by atoms with E-state index in [4.69, 9.17) is 0 Å². The standard InChI is InChI=1S/C11H18N4O3S/c1-3-13-19(17,18)9-4-5-15(6-9)11(16)10-7-14(2)8-12-10/h7-9,13H,3-6H2,1-2H3. The minimum absolute atomic E-state index is 0.213. The smallest absolute Gasteiger partial charge is 0.274 e. The number of rotatable bonds is 4. The van der Waals surface area contributed by atoms with Gasteiger partial charge in [0.15, 0.2) is 0 Å². The molecule has 1 aromatic rings. The first-order chi connectivity index (χ1) is 8.94. The fraction of sp³-hybridized carbons (Fsp3) is 0.636. The Balaban J connectivity index is 2.04. The van der Waals surface area contributed by atoms with E-state index >= 15 is 0 Å². The van der Waals surface area contributed by atoms with Crippen LogP contribution in [0.25, 0.3) is 0 Å². The highest BCUT2D eigenvalue weighted by atomic mass is 32.2. The van der Waals surface area contributed by atoms with Crippen LogP contribution >= 0.6 is 0 Å². The number of nitrogens with one attached hydrogen (secondary N) is 1. The Hall–Kier alpha value is -1.41. The number of carbonyl (C=O) groups excluding carboxylic acids is 1. The number of hydrogen-bond acceptors (Lipinski definition) is 4. The predicted molar refractivity (Wildman–Crippen MR) is 70.1 cm³/mol. The van der Waals surface area contributed by atoms with Gasteiger partial charge >= 0.3 is 0 Å². The summed E-state index contributed by atoms with van der Waals surface area (Å²) >= 11 is 0. The van der Waals surface area contributed by atoms with Crippen molar-refractivity contribution in [1.82, 2.24) is 19.2 Å². The maximum atomic E-state index is 12.1. The predicted octanol–water partition coefficient (Wildman–Crippen LogP) is -0.426. The largest absolute Gasteiger partial charge is 0.340 e. The third-order valence-electron chi connectivity index (χ3n) is 3.14. The van der Waals surface area contributed by atoms with E-state index in [2.05, 4.69) is 9.71 Å². The number of amides is 1. The molecule has 19 heavy (non-hydrogen) atoms. The van der Waals surface area contributed by atoms with Gasteiger partial charge in [-0.3, -0.25) is 4.79 Å². The van der Waals surface area contributed by atoms with Crippen LogP contribution in [-0.4, -0.2) is 53.7 Å². The Labute approximate surface area is 112 Å². The van der Waals surface area contributed by atoms with Gasteiger partial charge in [-0.25, -0.2) is 18.1 Å². The van der Waals surface area contributed by atoms with Gasteiger partial charge in [0.1, 0.15) is 5.69 Å². The lowest BCUT2D eigenvalue weighted by Crippen LogP contribution is -2.37. The second-order valence-corrected chi connectivity index (χ2v) is 6.67. The molecule has 1 unspecified atom stereocenters. The fourth-order valence-electron chi connectivity index (χ4n) is 2.17. The van der Waals surface area contributed by atoms with Gasteiger partial charge in [0.05, 0.1) is 11.6 Å². The molecule has 1 N–H and O–H groups in total. The van der Waals surface area contributed by atoms with Gasteiger partial charge in [0.2, 0.25) is 10.0 Å². The van der Waals surface area contributed by atoms with Crippen LogP contribution in [0.3, 0.4) is 0 Å². The van der Waals surface area contributed by atoms with Crippen molar-refractivity contribution >= 4 is 15.9 Å². The Kier molecular flexibility index (Phi) is 3.91. The molecule has 0 radical (unpaired) electrons. The third-order valence-corrected chi connectivity index (χ3v) is 5.09. The van der Waals surface area contributed by atoms with Gasteiger partial charge in [-0.1, -0.05) is 6.92 Å².